The maximum absolute atomic E-state index is 12.5. The molecule has 2 aromatic rings. The number of nitrogens with zero attached hydrogens (tertiary/aromatic N) is 1. The zero-order valence-corrected chi connectivity index (χ0v) is 15.2. The molecule has 0 heterocycles. The van der Waals surface area contributed by atoms with Crippen molar-refractivity contribution in [2.24, 2.45) is 10.7 Å². The number of rotatable bonds is 7. The zero-order valence-electron chi connectivity index (χ0n) is 15.2. The first kappa shape index (κ1) is 21.2. The summed E-state index contributed by atoms with van der Waals surface area (Å²) in [7, 11) is 2.96. The van der Waals surface area contributed by atoms with Gasteiger partial charge >= 0.3 is 6.36 Å². The molecule has 0 spiro atoms. The Balaban J connectivity index is 2.09. The molecule has 0 aliphatic rings. The lowest BCUT2D eigenvalue weighted by Gasteiger charge is -2.15. The molecule has 0 bridgehead atoms. The highest BCUT2D eigenvalue weighted by molar-refractivity contribution is 5.93. The van der Waals surface area contributed by atoms with Gasteiger partial charge in [0, 0.05) is 6.07 Å². The van der Waals surface area contributed by atoms with E-state index in [1.807, 2.05) is 0 Å². The summed E-state index contributed by atoms with van der Waals surface area (Å²) in [5.41, 5.74) is 6.18. The molecule has 7 nitrogen and oxygen atoms in total. The van der Waals surface area contributed by atoms with Crippen LogP contribution in [0.2, 0.25) is 0 Å². The van der Waals surface area contributed by atoms with Crippen LogP contribution in [0.4, 0.5) is 18.9 Å². The molecule has 2 rings (SSSR count). The van der Waals surface area contributed by atoms with E-state index in [1.165, 1.54) is 32.4 Å². The van der Waals surface area contributed by atoms with E-state index < -0.39 is 18.2 Å². The molecular weight excluding hydrogens is 379 g/mol. The molecule has 10 heteroatoms. The van der Waals surface area contributed by atoms with Crippen molar-refractivity contribution >= 4 is 11.6 Å². The Morgan fingerprint density at radius 1 is 1.14 bits per heavy atom. The van der Waals surface area contributed by atoms with Crippen molar-refractivity contribution in [3.8, 4) is 17.2 Å². The van der Waals surface area contributed by atoms with Crippen LogP contribution in [-0.2, 0) is 0 Å². The summed E-state index contributed by atoms with van der Waals surface area (Å²) < 4.78 is 51.6. The maximum Gasteiger partial charge on any atom is 0.573 e. The van der Waals surface area contributed by atoms with E-state index in [1.54, 1.807) is 18.2 Å². The minimum absolute atomic E-state index is 0.0152. The third-order valence-corrected chi connectivity index (χ3v) is 3.57. The van der Waals surface area contributed by atoms with Crippen LogP contribution in [-0.4, -0.2) is 38.2 Å². The summed E-state index contributed by atoms with van der Waals surface area (Å²) in [4.78, 5) is 3.96. The number of anilines is 1. The van der Waals surface area contributed by atoms with Gasteiger partial charge in [0.15, 0.2) is 11.7 Å². The van der Waals surface area contributed by atoms with Gasteiger partial charge in [0.2, 0.25) is 0 Å². The predicted octanol–water partition coefficient (Wildman–Crippen LogP) is 3.06. The molecule has 28 heavy (non-hydrogen) atoms. The second-order valence-electron chi connectivity index (χ2n) is 5.56. The second-order valence-corrected chi connectivity index (χ2v) is 5.56. The molecule has 2 aromatic carbocycles. The van der Waals surface area contributed by atoms with Crippen LogP contribution in [0.5, 0.6) is 17.2 Å². The smallest absolute Gasteiger partial charge is 0.497 e. The number of hydrogen-bond donors (Lipinski definition) is 3. The Morgan fingerprint density at radius 2 is 1.75 bits per heavy atom. The third-order valence-electron chi connectivity index (χ3n) is 3.57. The number of alkyl halides is 3. The van der Waals surface area contributed by atoms with Crippen molar-refractivity contribution in [1.29, 1.82) is 0 Å². The van der Waals surface area contributed by atoms with E-state index in [0.717, 1.165) is 6.07 Å². The van der Waals surface area contributed by atoms with Gasteiger partial charge in [-0.05, 0) is 29.8 Å². The third kappa shape index (κ3) is 6.23. The molecule has 1 atom stereocenters. The number of aliphatic hydroxyl groups is 1. The molecule has 0 saturated carbocycles. The molecule has 0 fully saturated rings. The molecule has 0 aliphatic heterocycles. The summed E-state index contributed by atoms with van der Waals surface area (Å²) in [5.74, 6) is 0.335. The molecule has 0 amide bonds. The first-order valence-corrected chi connectivity index (χ1v) is 8.04. The number of ether oxygens (including phenoxy) is 3. The number of methoxy groups -OCH3 is 2. The molecule has 0 saturated heterocycles. The Hall–Kier alpha value is -3.14. The van der Waals surface area contributed by atoms with Gasteiger partial charge < -0.3 is 30.4 Å². The number of nitrogens with two attached hydrogens (primary N) is 1. The van der Waals surface area contributed by atoms with Crippen molar-refractivity contribution < 1.29 is 32.5 Å². The van der Waals surface area contributed by atoms with Gasteiger partial charge in [-0.3, -0.25) is 4.99 Å². The molecule has 1 unspecified atom stereocenters. The number of hydrogen-bond acceptors (Lipinski definition) is 5. The van der Waals surface area contributed by atoms with Gasteiger partial charge in [0.1, 0.15) is 11.5 Å². The Morgan fingerprint density at radius 3 is 2.32 bits per heavy atom. The van der Waals surface area contributed by atoms with Crippen molar-refractivity contribution in [1.82, 2.24) is 0 Å². The quantitative estimate of drug-likeness (QED) is 0.489. The van der Waals surface area contributed by atoms with E-state index in [9.17, 15) is 18.3 Å². The van der Waals surface area contributed by atoms with Crippen LogP contribution in [0.1, 0.15) is 11.7 Å². The lowest BCUT2D eigenvalue weighted by Crippen LogP contribution is -2.25. The van der Waals surface area contributed by atoms with Crippen molar-refractivity contribution in [3.63, 3.8) is 0 Å². The highest BCUT2D eigenvalue weighted by atomic mass is 19.4. The van der Waals surface area contributed by atoms with E-state index in [0.29, 0.717) is 17.1 Å². The lowest BCUT2D eigenvalue weighted by molar-refractivity contribution is -0.274. The number of aliphatic imine (C=N–C) groups is 1. The second kappa shape index (κ2) is 9.18. The summed E-state index contributed by atoms with van der Waals surface area (Å²) >= 11 is 0. The van der Waals surface area contributed by atoms with E-state index in [2.05, 4.69) is 15.0 Å². The SMILES string of the molecule is COc1cc(OC)cc(C(O)CN=C(N)Nc2ccccc2OC(F)(F)F)c1. The van der Waals surface area contributed by atoms with Crippen LogP contribution >= 0.6 is 0 Å². The maximum atomic E-state index is 12.5. The average Bonchev–Trinajstić information content (AvgIpc) is 2.66. The molecule has 4 N–H and O–H groups in total. The standard InChI is InChI=1S/C18H20F3N3O4/c1-26-12-7-11(8-13(9-12)27-2)15(25)10-23-17(22)24-14-5-3-4-6-16(14)28-18(19,20)21/h3-9,15,25H,10H2,1-2H3,(H3,22,23,24). The van der Waals surface area contributed by atoms with E-state index >= 15 is 0 Å². The summed E-state index contributed by atoms with van der Waals surface area (Å²) in [6, 6.07) is 10.3. The van der Waals surface area contributed by atoms with Crippen LogP contribution in [0.15, 0.2) is 47.5 Å². The largest absolute Gasteiger partial charge is 0.573 e. The fraction of sp³-hybridized carbons (Fsp3) is 0.278. The van der Waals surface area contributed by atoms with Crippen LogP contribution in [0.25, 0.3) is 0 Å². The molecule has 152 valence electrons. The first-order valence-electron chi connectivity index (χ1n) is 8.04. The first-order chi connectivity index (χ1) is 13.2. The number of guanidine groups is 1. The number of nitrogens with one attached hydrogen (secondary N) is 1. The molecular formula is C18H20F3N3O4. The molecule has 0 aliphatic carbocycles. The highest BCUT2D eigenvalue weighted by Gasteiger charge is 2.32. The van der Waals surface area contributed by atoms with Crippen LogP contribution in [0.3, 0.4) is 0 Å². The van der Waals surface area contributed by atoms with Gasteiger partial charge in [-0.15, -0.1) is 13.2 Å². The number of para-hydroxylation sites is 2. The monoisotopic (exact) mass is 399 g/mol. The average molecular weight is 399 g/mol. The van der Waals surface area contributed by atoms with Gasteiger partial charge in [-0.25, -0.2) is 0 Å². The predicted molar refractivity (Wildman–Crippen MR) is 97.7 cm³/mol. The Kier molecular flexibility index (Phi) is 6.94. The van der Waals surface area contributed by atoms with Gasteiger partial charge in [0.05, 0.1) is 32.6 Å². The van der Waals surface area contributed by atoms with Crippen LogP contribution < -0.4 is 25.3 Å². The topological polar surface area (TPSA) is 98.3 Å². The highest BCUT2D eigenvalue weighted by Crippen LogP contribution is 2.30. The minimum atomic E-state index is -4.84. The van der Waals surface area contributed by atoms with E-state index in [-0.39, 0.29) is 18.2 Å². The Labute approximate surface area is 159 Å². The Bertz CT molecular complexity index is 806. The minimum Gasteiger partial charge on any atom is -0.497 e. The normalized spacial score (nSPS) is 13.0. The van der Waals surface area contributed by atoms with Crippen molar-refractivity contribution in [2.45, 2.75) is 12.5 Å². The zero-order chi connectivity index (χ0) is 20.7. The number of halogens is 3. The fourth-order valence-electron chi connectivity index (χ4n) is 2.27. The fourth-order valence-corrected chi connectivity index (χ4v) is 2.27. The van der Waals surface area contributed by atoms with Crippen molar-refractivity contribution in [3.05, 3.63) is 48.0 Å². The number of aliphatic hydroxyl groups excluding tert-OH is 1. The van der Waals surface area contributed by atoms with Gasteiger partial charge in [-0.1, -0.05) is 12.1 Å². The van der Waals surface area contributed by atoms with Crippen LogP contribution in [0, 0.1) is 0 Å². The van der Waals surface area contributed by atoms with E-state index in [4.69, 9.17) is 15.2 Å². The summed E-state index contributed by atoms with van der Waals surface area (Å²) in [6.45, 7) is -0.141. The summed E-state index contributed by atoms with van der Waals surface area (Å²) in [5, 5.41) is 12.8. The van der Waals surface area contributed by atoms with Gasteiger partial charge in [0.25, 0.3) is 0 Å². The molecule has 0 radical (unpaired) electrons. The number of benzene rings is 2. The van der Waals surface area contributed by atoms with Gasteiger partial charge in [-0.2, -0.15) is 0 Å². The molecule has 0 aromatic heterocycles. The van der Waals surface area contributed by atoms with Crippen molar-refractivity contribution in [2.75, 3.05) is 26.1 Å². The summed E-state index contributed by atoms with van der Waals surface area (Å²) in [6.07, 6.45) is -5.88. The lowest BCUT2D eigenvalue weighted by atomic mass is 10.1.